The molecule has 2 heterocycles. The topological polar surface area (TPSA) is 99.2 Å². The summed E-state index contributed by atoms with van der Waals surface area (Å²) in [6.07, 6.45) is 0.816. The van der Waals surface area contributed by atoms with Gasteiger partial charge in [-0.3, -0.25) is 4.79 Å². The number of benzene rings is 1. The van der Waals surface area contributed by atoms with Crippen molar-refractivity contribution in [3.8, 4) is 0 Å². The zero-order valence-corrected chi connectivity index (χ0v) is 21.6. The van der Waals surface area contributed by atoms with E-state index < -0.39 is 17.7 Å². The van der Waals surface area contributed by atoms with Crippen LogP contribution in [0.2, 0.25) is 0 Å². The largest absolute Gasteiger partial charge is 0.387 e. The molecule has 9 heteroatoms. The standard InChI is InChI=1S/C23H30FN5O2S.C2H6/c1-14(2)7-8-25-18-10-21(29-15-5-6-17-19(9-15)32-13-28-17)26-11-16(18)22(30)27-12-20(24)23(3,4)31;1-2/h5-6,9-11,13-14,20,31H,7-8,12H2,1-4H3,(H,27,30)(H2,25,26,29);1-2H3. The molecule has 0 fully saturated rings. The van der Waals surface area contributed by atoms with Crippen molar-refractivity contribution in [1.82, 2.24) is 15.3 Å². The van der Waals surface area contributed by atoms with Crippen molar-refractivity contribution < 1.29 is 14.3 Å². The number of thiazole rings is 1. The van der Waals surface area contributed by atoms with Gasteiger partial charge in [-0.25, -0.2) is 14.4 Å². The number of nitrogens with one attached hydrogen (secondary N) is 3. The first-order chi connectivity index (χ1) is 16.1. The van der Waals surface area contributed by atoms with E-state index in [-0.39, 0.29) is 6.54 Å². The fourth-order valence-electron chi connectivity index (χ4n) is 2.95. The lowest BCUT2D eigenvalue weighted by Crippen LogP contribution is -2.42. The highest BCUT2D eigenvalue weighted by Crippen LogP contribution is 2.26. The smallest absolute Gasteiger partial charge is 0.255 e. The number of anilines is 3. The zero-order valence-electron chi connectivity index (χ0n) is 20.8. The van der Waals surface area contributed by atoms with Crippen molar-refractivity contribution in [2.45, 2.75) is 59.7 Å². The Morgan fingerprint density at radius 2 is 1.94 bits per heavy atom. The molecule has 3 rings (SSSR count). The first-order valence-electron chi connectivity index (χ1n) is 11.6. The lowest BCUT2D eigenvalue weighted by atomic mass is 10.0. The predicted octanol–water partition coefficient (Wildman–Crippen LogP) is 5.76. The summed E-state index contributed by atoms with van der Waals surface area (Å²) in [5.41, 5.74) is 3.00. The lowest BCUT2D eigenvalue weighted by Gasteiger charge is -2.22. The Labute approximate surface area is 205 Å². The minimum atomic E-state index is -1.58. The second-order valence-electron chi connectivity index (χ2n) is 8.72. The van der Waals surface area contributed by atoms with E-state index in [9.17, 15) is 14.3 Å². The third kappa shape index (κ3) is 7.92. The number of aliphatic hydroxyl groups is 1. The third-order valence-corrected chi connectivity index (χ3v) is 5.79. The molecule has 2 aromatic heterocycles. The average Bonchev–Trinajstić information content (AvgIpc) is 3.26. The van der Waals surface area contributed by atoms with Crippen LogP contribution in [0.25, 0.3) is 10.2 Å². The fourth-order valence-corrected chi connectivity index (χ4v) is 3.67. The molecule has 0 aliphatic heterocycles. The van der Waals surface area contributed by atoms with Gasteiger partial charge in [0.15, 0.2) is 0 Å². The number of fused-ring (bicyclic) bond motifs is 1. The maximum absolute atomic E-state index is 14.1. The molecule has 7 nitrogen and oxygen atoms in total. The molecule has 0 saturated heterocycles. The second kappa shape index (κ2) is 12.6. The van der Waals surface area contributed by atoms with Crippen molar-refractivity contribution in [1.29, 1.82) is 0 Å². The molecular weight excluding hydrogens is 453 g/mol. The Morgan fingerprint density at radius 3 is 2.62 bits per heavy atom. The van der Waals surface area contributed by atoms with E-state index in [1.165, 1.54) is 20.0 Å². The minimum absolute atomic E-state index is 0.289. The summed E-state index contributed by atoms with van der Waals surface area (Å²) in [6, 6.07) is 7.64. The summed E-state index contributed by atoms with van der Waals surface area (Å²) in [7, 11) is 0. The van der Waals surface area contributed by atoms with Gasteiger partial charge in [0.25, 0.3) is 5.91 Å². The number of carbonyl (C=O) groups is 1. The number of nitrogens with zero attached hydrogens (tertiary/aromatic N) is 2. The van der Waals surface area contributed by atoms with Crippen LogP contribution in [0.15, 0.2) is 36.0 Å². The van der Waals surface area contributed by atoms with E-state index in [1.807, 2.05) is 32.0 Å². The minimum Gasteiger partial charge on any atom is -0.387 e. The van der Waals surface area contributed by atoms with Crippen LogP contribution in [-0.2, 0) is 0 Å². The third-order valence-electron chi connectivity index (χ3n) is 5.00. The summed E-state index contributed by atoms with van der Waals surface area (Å²) in [5.74, 6) is 0.635. The molecule has 3 aromatic rings. The van der Waals surface area contributed by atoms with Gasteiger partial charge < -0.3 is 21.1 Å². The first kappa shape index (κ1) is 27.5. The Kier molecular flexibility index (Phi) is 10.2. The van der Waals surface area contributed by atoms with Crippen molar-refractivity contribution in [3.63, 3.8) is 0 Å². The van der Waals surface area contributed by atoms with Crippen LogP contribution < -0.4 is 16.0 Å². The number of carbonyl (C=O) groups excluding carboxylic acids is 1. The van der Waals surface area contributed by atoms with Gasteiger partial charge in [0.05, 0.1) is 39.1 Å². The van der Waals surface area contributed by atoms with Crippen LogP contribution in [0.3, 0.4) is 0 Å². The van der Waals surface area contributed by atoms with Gasteiger partial charge >= 0.3 is 0 Å². The van der Waals surface area contributed by atoms with Gasteiger partial charge in [-0.15, -0.1) is 11.3 Å². The van der Waals surface area contributed by atoms with Crippen LogP contribution in [0.5, 0.6) is 0 Å². The molecule has 0 saturated carbocycles. The van der Waals surface area contributed by atoms with E-state index in [2.05, 4.69) is 39.8 Å². The summed E-state index contributed by atoms with van der Waals surface area (Å²) in [6.45, 7) is 11.4. The molecule has 0 spiro atoms. The summed E-state index contributed by atoms with van der Waals surface area (Å²) in [5, 5.41) is 18.9. The van der Waals surface area contributed by atoms with Gasteiger partial charge in [-0.1, -0.05) is 27.7 Å². The normalized spacial score (nSPS) is 12.1. The number of halogens is 1. The van der Waals surface area contributed by atoms with E-state index in [0.717, 1.165) is 22.3 Å². The number of hydrogen-bond donors (Lipinski definition) is 4. The van der Waals surface area contributed by atoms with Crippen molar-refractivity contribution in [3.05, 3.63) is 41.5 Å². The highest BCUT2D eigenvalue weighted by atomic mass is 32.1. The molecule has 0 radical (unpaired) electrons. The van der Waals surface area contributed by atoms with E-state index in [1.54, 1.807) is 22.9 Å². The van der Waals surface area contributed by atoms with Crippen LogP contribution in [0, 0.1) is 5.92 Å². The number of aromatic nitrogens is 2. The molecule has 1 aromatic carbocycles. The highest BCUT2D eigenvalue weighted by molar-refractivity contribution is 7.16. The molecule has 1 atom stereocenters. The number of alkyl halides is 1. The summed E-state index contributed by atoms with van der Waals surface area (Å²) in [4.78, 5) is 21.4. The quantitative estimate of drug-likeness (QED) is 0.289. The first-order valence-corrected chi connectivity index (χ1v) is 12.5. The molecule has 0 bridgehead atoms. The van der Waals surface area contributed by atoms with Gasteiger partial charge in [-0.2, -0.15) is 0 Å². The van der Waals surface area contributed by atoms with Crippen LogP contribution in [0.1, 0.15) is 58.3 Å². The molecule has 34 heavy (non-hydrogen) atoms. The Bertz CT molecular complexity index is 1060. The number of hydrogen-bond acceptors (Lipinski definition) is 7. The Morgan fingerprint density at radius 1 is 1.21 bits per heavy atom. The van der Waals surface area contributed by atoms with Crippen molar-refractivity contribution in [2.75, 3.05) is 23.7 Å². The van der Waals surface area contributed by atoms with Crippen molar-refractivity contribution in [2.24, 2.45) is 5.92 Å². The molecule has 4 N–H and O–H groups in total. The average molecular weight is 490 g/mol. The molecule has 0 aliphatic rings. The van der Waals surface area contributed by atoms with Gasteiger partial charge in [0.2, 0.25) is 0 Å². The van der Waals surface area contributed by atoms with Gasteiger partial charge in [0.1, 0.15) is 12.0 Å². The molecule has 0 aliphatic carbocycles. The van der Waals surface area contributed by atoms with E-state index >= 15 is 0 Å². The monoisotopic (exact) mass is 489 g/mol. The number of rotatable bonds is 10. The maximum Gasteiger partial charge on any atom is 0.255 e. The number of amides is 1. The molecule has 1 amide bonds. The van der Waals surface area contributed by atoms with Gasteiger partial charge in [-0.05, 0) is 44.4 Å². The van der Waals surface area contributed by atoms with Crippen LogP contribution >= 0.6 is 11.3 Å². The second-order valence-corrected chi connectivity index (χ2v) is 9.60. The Hall–Kier alpha value is -2.78. The molecule has 1 unspecified atom stereocenters. The molecular formula is C25H36FN5O2S. The van der Waals surface area contributed by atoms with Crippen LogP contribution in [-0.4, -0.2) is 45.8 Å². The van der Waals surface area contributed by atoms with E-state index in [0.29, 0.717) is 29.5 Å². The Balaban J connectivity index is 0.00000199. The van der Waals surface area contributed by atoms with E-state index in [4.69, 9.17) is 0 Å². The van der Waals surface area contributed by atoms with Gasteiger partial charge in [0, 0.05) is 24.5 Å². The lowest BCUT2D eigenvalue weighted by molar-refractivity contribution is -0.00177. The SMILES string of the molecule is CC.CC(C)CCNc1cc(Nc2ccc3ncsc3c2)ncc1C(=O)NCC(F)C(C)(C)O. The fraction of sp³-hybridized carbons (Fsp3) is 0.480. The summed E-state index contributed by atoms with van der Waals surface area (Å²) < 4.78 is 15.1. The molecule has 186 valence electrons. The maximum atomic E-state index is 14.1. The van der Waals surface area contributed by atoms with Crippen LogP contribution in [0.4, 0.5) is 21.6 Å². The summed E-state index contributed by atoms with van der Waals surface area (Å²) >= 11 is 1.56. The zero-order chi connectivity index (χ0) is 25.3. The highest BCUT2D eigenvalue weighted by Gasteiger charge is 2.27. The number of pyridine rings is 1. The van der Waals surface area contributed by atoms with Crippen molar-refractivity contribution >= 4 is 44.7 Å². The predicted molar refractivity (Wildman–Crippen MR) is 140 cm³/mol.